The first-order valence-corrected chi connectivity index (χ1v) is 6.74. The standard InChI is InChI=1S/C14H16BrN3/c1-10(2)12-5-3-11(4-6-12)7-17-14-13(15)8-16-9-18-14/h3-6,8-10H,7H2,1-2H3,(H,16,17,18). The monoisotopic (exact) mass is 305 g/mol. The van der Waals surface area contributed by atoms with Crippen molar-refractivity contribution in [2.75, 3.05) is 5.32 Å². The van der Waals surface area contributed by atoms with Crippen LogP contribution in [0.3, 0.4) is 0 Å². The molecule has 0 aliphatic rings. The molecule has 1 aromatic carbocycles. The van der Waals surface area contributed by atoms with Gasteiger partial charge in [-0.25, -0.2) is 9.97 Å². The fourth-order valence-corrected chi connectivity index (χ4v) is 2.01. The van der Waals surface area contributed by atoms with E-state index in [0.29, 0.717) is 5.92 Å². The number of halogens is 1. The van der Waals surface area contributed by atoms with Crippen molar-refractivity contribution < 1.29 is 0 Å². The maximum atomic E-state index is 4.17. The quantitative estimate of drug-likeness (QED) is 0.928. The SMILES string of the molecule is CC(C)c1ccc(CNc2ncncc2Br)cc1. The van der Waals surface area contributed by atoms with Crippen molar-refractivity contribution in [2.24, 2.45) is 0 Å². The van der Waals surface area contributed by atoms with Gasteiger partial charge in [-0.1, -0.05) is 38.1 Å². The molecular weight excluding hydrogens is 290 g/mol. The third-order valence-electron chi connectivity index (χ3n) is 2.77. The van der Waals surface area contributed by atoms with Crippen molar-refractivity contribution in [3.8, 4) is 0 Å². The van der Waals surface area contributed by atoms with Gasteiger partial charge in [0.1, 0.15) is 12.1 Å². The van der Waals surface area contributed by atoms with Crippen LogP contribution in [-0.4, -0.2) is 9.97 Å². The molecule has 0 unspecified atom stereocenters. The minimum Gasteiger partial charge on any atom is -0.365 e. The highest BCUT2D eigenvalue weighted by atomic mass is 79.9. The Hall–Kier alpha value is -1.42. The number of aromatic nitrogens is 2. The van der Waals surface area contributed by atoms with E-state index < -0.39 is 0 Å². The van der Waals surface area contributed by atoms with E-state index in [4.69, 9.17) is 0 Å². The number of benzene rings is 1. The Labute approximate surface area is 116 Å². The zero-order valence-electron chi connectivity index (χ0n) is 10.5. The summed E-state index contributed by atoms with van der Waals surface area (Å²) in [5.74, 6) is 1.39. The highest BCUT2D eigenvalue weighted by Gasteiger charge is 2.01. The summed E-state index contributed by atoms with van der Waals surface area (Å²) in [6.45, 7) is 5.16. The summed E-state index contributed by atoms with van der Waals surface area (Å²) in [6, 6.07) is 8.66. The summed E-state index contributed by atoms with van der Waals surface area (Å²) in [5, 5.41) is 3.28. The zero-order chi connectivity index (χ0) is 13.0. The minimum absolute atomic E-state index is 0.572. The Morgan fingerprint density at radius 3 is 2.56 bits per heavy atom. The third-order valence-corrected chi connectivity index (χ3v) is 3.35. The lowest BCUT2D eigenvalue weighted by molar-refractivity contribution is 0.865. The van der Waals surface area contributed by atoms with Crippen molar-refractivity contribution in [1.82, 2.24) is 9.97 Å². The van der Waals surface area contributed by atoms with Gasteiger partial charge in [-0.3, -0.25) is 0 Å². The molecule has 0 radical (unpaired) electrons. The zero-order valence-corrected chi connectivity index (χ0v) is 12.1. The summed E-state index contributed by atoms with van der Waals surface area (Å²) in [4.78, 5) is 8.10. The van der Waals surface area contributed by atoms with Crippen LogP contribution in [0.4, 0.5) is 5.82 Å². The molecule has 2 rings (SSSR count). The van der Waals surface area contributed by atoms with Gasteiger partial charge in [0.15, 0.2) is 0 Å². The second-order valence-electron chi connectivity index (χ2n) is 4.47. The second kappa shape index (κ2) is 5.96. The molecule has 0 saturated heterocycles. The molecule has 0 spiro atoms. The number of rotatable bonds is 4. The molecule has 0 bridgehead atoms. The van der Waals surface area contributed by atoms with Gasteiger partial charge < -0.3 is 5.32 Å². The van der Waals surface area contributed by atoms with Crippen LogP contribution in [0.5, 0.6) is 0 Å². The van der Waals surface area contributed by atoms with Gasteiger partial charge in [0.05, 0.1) is 4.47 Å². The van der Waals surface area contributed by atoms with Gasteiger partial charge in [-0.2, -0.15) is 0 Å². The van der Waals surface area contributed by atoms with E-state index in [9.17, 15) is 0 Å². The fraction of sp³-hybridized carbons (Fsp3) is 0.286. The molecule has 0 aliphatic heterocycles. The van der Waals surface area contributed by atoms with E-state index in [0.717, 1.165) is 16.8 Å². The number of nitrogens with zero attached hydrogens (tertiary/aromatic N) is 2. The fourth-order valence-electron chi connectivity index (χ4n) is 1.65. The first kappa shape index (κ1) is 13.0. The minimum atomic E-state index is 0.572. The van der Waals surface area contributed by atoms with Crippen molar-refractivity contribution in [1.29, 1.82) is 0 Å². The lowest BCUT2D eigenvalue weighted by atomic mass is 10.0. The van der Waals surface area contributed by atoms with Gasteiger partial charge in [0.2, 0.25) is 0 Å². The predicted octanol–water partition coefficient (Wildman–Crippen LogP) is 3.97. The van der Waals surface area contributed by atoms with Crippen LogP contribution in [0.1, 0.15) is 30.9 Å². The number of nitrogens with one attached hydrogen (secondary N) is 1. The Morgan fingerprint density at radius 2 is 1.94 bits per heavy atom. The summed E-state index contributed by atoms with van der Waals surface area (Å²) in [6.07, 6.45) is 3.27. The molecule has 1 aromatic heterocycles. The van der Waals surface area contributed by atoms with Gasteiger partial charge in [-0.15, -0.1) is 0 Å². The molecule has 0 atom stereocenters. The molecule has 0 amide bonds. The summed E-state index contributed by atoms with van der Waals surface area (Å²) >= 11 is 3.41. The lowest BCUT2D eigenvalue weighted by Crippen LogP contribution is -2.02. The number of hydrogen-bond acceptors (Lipinski definition) is 3. The van der Waals surface area contributed by atoms with Crippen LogP contribution in [-0.2, 0) is 6.54 Å². The average molecular weight is 306 g/mol. The van der Waals surface area contributed by atoms with Crippen LogP contribution >= 0.6 is 15.9 Å². The van der Waals surface area contributed by atoms with Gasteiger partial charge >= 0.3 is 0 Å². The molecular formula is C14H16BrN3. The van der Waals surface area contributed by atoms with E-state index >= 15 is 0 Å². The van der Waals surface area contributed by atoms with Crippen LogP contribution in [0.15, 0.2) is 41.3 Å². The van der Waals surface area contributed by atoms with Gasteiger partial charge in [-0.05, 0) is 33.0 Å². The van der Waals surface area contributed by atoms with Crippen molar-refractivity contribution in [2.45, 2.75) is 26.3 Å². The smallest absolute Gasteiger partial charge is 0.144 e. The van der Waals surface area contributed by atoms with Crippen molar-refractivity contribution in [3.05, 3.63) is 52.4 Å². The first-order chi connectivity index (χ1) is 8.66. The summed E-state index contributed by atoms with van der Waals surface area (Å²) in [7, 11) is 0. The van der Waals surface area contributed by atoms with Crippen molar-refractivity contribution >= 4 is 21.7 Å². The summed E-state index contributed by atoms with van der Waals surface area (Å²) in [5.41, 5.74) is 2.60. The first-order valence-electron chi connectivity index (χ1n) is 5.95. The Balaban J connectivity index is 2.00. The van der Waals surface area contributed by atoms with Crippen LogP contribution in [0.2, 0.25) is 0 Å². The second-order valence-corrected chi connectivity index (χ2v) is 5.32. The summed E-state index contributed by atoms with van der Waals surface area (Å²) < 4.78 is 0.879. The lowest BCUT2D eigenvalue weighted by Gasteiger charge is -2.09. The normalized spacial score (nSPS) is 10.7. The maximum Gasteiger partial charge on any atom is 0.144 e. The highest BCUT2D eigenvalue weighted by molar-refractivity contribution is 9.10. The average Bonchev–Trinajstić information content (AvgIpc) is 2.38. The number of anilines is 1. The molecule has 18 heavy (non-hydrogen) atoms. The van der Waals surface area contributed by atoms with E-state index in [1.165, 1.54) is 17.5 Å². The van der Waals surface area contributed by atoms with Crippen LogP contribution in [0.25, 0.3) is 0 Å². The number of hydrogen-bond donors (Lipinski definition) is 1. The van der Waals surface area contributed by atoms with E-state index in [1.54, 1.807) is 6.20 Å². The predicted molar refractivity (Wildman–Crippen MR) is 77.6 cm³/mol. The van der Waals surface area contributed by atoms with Gasteiger partial charge in [0.25, 0.3) is 0 Å². The van der Waals surface area contributed by atoms with E-state index in [2.05, 4.69) is 69.3 Å². The molecule has 2 aromatic rings. The molecule has 0 aliphatic carbocycles. The van der Waals surface area contributed by atoms with Gasteiger partial charge in [0, 0.05) is 12.7 Å². The topological polar surface area (TPSA) is 37.8 Å². The molecule has 1 heterocycles. The third kappa shape index (κ3) is 3.29. The van der Waals surface area contributed by atoms with E-state index in [-0.39, 0.29) is 0 Å². The Bertz CT molecular complexity index is 509. The maximum absolute atomic E-state index is 4.17. The Morgan fingerprint density at radius 1 is 1.22 bits per heavy atom. The Kier molecular flexibility index (Phi) is 4.31. The van der Waals surface area contributed by atoms with E-state index in [1.807, 2.05) is 0 Å². The highest BCUT2D eigenvalue weighted by Crippen LogP contribution is 2.19. The molecule has 1 N–H and O–H groups in total. The van der Waals surface area contributed by atoms with Crippen molar-refractivity contribution in [3.63, 3.8) is 0 Å². The molecule has 94 valence electrons. The molecule has 4 heteroatoms. The largest absolute Gasteiger partial charge is 0.365 e. The molecule has 0 fully saturated rings. The van der Waals surface area contributed by atoms with Crippen LogP contribution in [0, 0.1) is 0 Å². The molecule has 0 saturated carbocycles. The van der Waals surface area contributed by atoms with Crippen LogP contribution < -0.4 is 5.32 Å². The molecule has 3 nitrogen and oxygen atoms in total.